The molecular formula is C19H31FIN3O2S. The van der Waals surface area contributed by atoms with E-state index in [9.17, 15) is 4.39 Å². The first-order valence-corrected chi connectivity index (χ1v) is 10.4. The molecule has 1 atom stereocenters. The monoisotopic (exact) mass is 511 g/mol. The molecule has 5 nitrogen and oxygen atoms in total. The Morgan fingerprint density at radius 3 is 2.85 bits per heavy atom. The molecule has 0 amide bonds. The number of ether oxygens (including phenoxy) is 2. The third kappa shape index (κ3) is 11.1. The highest BCUT2D eigenvalue weighted by Crippen LogP contribution is 2.18. The lowest BCUT2D eigenvalue weighted by atomic mass is 10.2. The maximum atomic E-state index is 12.9. The highest BCUT2D eigenvalue weighted by Gasteiger charge is 2.14. The summed E-state index contributed by atoms with van der Waals surface area (Å²) in [7, 11) is 0. The summed E-state index contributed by atoms with van der Waals surface area (Å²) in [5.41, 5.74) is 0. The van der Waals surface area contributed by atoms with Crippen LogP contribution in [0.1, 0.15) is 26.2 Å². The standard InChI is InChI=1S/C19H30FN3O2S.HI/c1-2-21-19(23-11-13-24-15-17-5-3-12-25-17)22-10-4-14-26-18-8-6-16(20)7-9-18;/h6-9,17H,2-5,10-15H2,1H3,(H2,21,22,23);1H. The van der Waals surface area contributed by atoms with Crippen molar-refractivity contribution in [1.29, 1.82) is 0 Å². The lowest BCUT2D eigenvalue weighted by Gasteiger charge is -2.13. The largest absolute Gasteiger partial charge is 0.377 e. The molecule has 2 N–H and O–H groups in total. The fourth-order valence-corrected chi connectivity index (χ4v) is 3.39. The zero-order valence-electron chi connectivity index (χ0n) is 15.9. The third-order valence-corrected chi connectivity index (χ3v) is 4.96. The van der Waals surface area contributed by atoms with Gasteiger partial charge in [0.05, 0.1) is 19.3 Å². The molecular weight excluding hydrogens is 480 g/mol. The average molecular weight is 511 g/mol. The van der Waals surface area contributed by atoms with Crippen molar-refractivity contribution in [3.63, 3.8) is 0 Å². The van der Waals surface area contributed by atoms with Gasteiger partial charge in [0.25, 0.3) is 0 Å². The summed E-state index contributed by atoms with van der Waals surface area (Å²) >= 11 is 1.72. The zero-order valence-corrected chi connectivity index (χ0v) is 19.1. The summed E-state index contributed by atoms with van der Waals surface area (Å²) in [5, 5.41) is 6.53. The van der Waals surface area contributed by atoms with Crippen LogP contribution in [0.15, 0.2) is 34.2 Å². The van der Waals surface area contributed by atoms with Crippen LogP contribution in [0.5, 0.6) is 0 Å². The molecule has 8 heteroatoms. The van der Waals surface area contributed by atoms with Crippen LogP contribution in [0.25, 0.3) is 0 Å². The molecule has 1 aromatic carbocycles. The van der Waals surface area contributed by atoms with Gasteiger partial charge in [-0.3, -0.25) is 4.99 Å². The molecule has 1 unspecified atom stereocenters. The number of nitrogens with one attached hydrogen (secondary N) is 2. The Morgan fingerprint density at radius 1 is 1.33 bits per heavy atom. The van der Waals surface area contributed by atoms with Crippen molar-refractivity contribution in [1.82, 2.24) is 10.6 Å². The van der Waals surface area contributed by atoms with Crippen molar-refractivity contribution >= 4 is 41.7 Å². The summed E-state index contributed by atoms with van der Waals surface area (Å²) in [4.78, 5) is 5.66. The Bertz CT molecular complexity index is 528. The Morgan fingerprint density at radius 2 is 2.15 bits per heavy atom. The molecule has 0 bridgehead atoms. The van der Waals surface area contributed by atoms with Gasteiger partial charge in [0.15, 0.2) is 5.96 Å². The Labute approximate surface area is 183 Å². The number of halogens is 2. The van der Waals surface area contributed by atoms with Crippen molar-refractivity contribution in [3.05, 3.63) is 30.1 Å². The number of nitrogens with zero attached hydrogens (tertiary/aromatic N) is 1. The van der Waals surface area contributed by atoms with Crippen molar-refractivity contribution in [3.8, 4) is 0 Å². The van der Waals surface area contributed by atoms with Gasteiger partial charge in [-0.15, -0.1) is 35.7 Å². The fourth-order valence-electron chi connectivity index (χ4n) is 2.55. The summed E-state index contributed by atoms with van der Waals surface area (Å²) in [6, 6.07) is 6.61. The molecule has 0 radical (unpaired) electrons. The van der Waals surface area contributed by atoms with Gasteiger partial charge in [0.1, 0.15) is 5.82 Å². The molecule has 0 saturated carbocycles. The van der Waals surface area contributed by atoms with Crippen LogP contribution in [0.2, 0.25) is 0 Å². The van der Waals surface area contributed by atoms with E-state index in [1.54, 1.807) is 11.8 Å². The molecule has 1 saturated heterocycles. The predicted octanol–water partition coefficient (Wildman–Crippen LogP) is 3.68. The van der Waals surface area contributed by atoms with Gasteiger partial charge >= 0.3 is 0 Å². The van der Waals surface area contributed by atoms with E-state index in [0.717, 1.165) is 62.1 Å². The van der Waals surface area contributed by atoms with E-state index in [0.29, 0.717) is 13.2 Å². The van der Waals surface area contributed by atoms with Crippen molar-refractivity contribution in [2.45, 2.75) is 37.2 Å². The van der Waals surface area contributed by atoms with Crippen LogP contribution in [0, 0.1) is 5.82 Å². The Kier molecular flexibility index (Phi) is 13.9. The van der Waals surface area contributed by atoms with Gasteiger partial charge in [-0.05, 0) is 56.2 Å². The first-order valence-electron chi connectivity index (χ1n) is 9.38. The van der Waals surface area contributed by atoms with Crippen LogP contribution in [-0.2, 0) is 9.47 Å². The summed E-state index contributed by atoms with van der Waals surface area (Å²) in [6.45, 7) is 6.54. The van der Waals surface area contributed by atoms with Gasteiger partial charge in [0, 0.05) is 31.1 Å². The molecule has 1 aliphatic heterocycles. The smallest absolute Gasteiger partial charge is 0.191 e. The third-order valence-electron chi connectivity index (χ3n) is 3.87. The van der Waals surface area contributed by atoms with E-state index in [4.69, 9.17) is 9.47 Å². The van der Waals surface area contributed by atoms with Crippen molar-refractivity contribution in [2.24, 2.45) is 4.99 Å². The minimum Gasteiger partial charge on any atom is -0.377 e. The first kappa shape index (κ1) is 24.5. The molecule has 1 fully saturated rings. The number of aliphatic imine (C=N–C) groups is 1. The van der Waals surface area contributed by atoms with Gasteiger partial charge in [-0.25, -0.2) is 4.39 Å². The van der Waals surface area contributed by atoms with Gasteiger partial charge < -0.3 is 20.1 Å². The van der Waals surface area contributed by atoms with Gasteiger partial charge in [0.2, 0.25) is 0 Å². The number of hydrogen-bond acceptors (Lipinski definition) is 4. The minimum absolute atomic E-state index is 0. The van der Waals surface area contributed by atoms with E-state index < -0.39 is 0 Å². The summed E-state index contributed by atoms with van der Waals surface area (Å²) < 4.78 is 24.0. The van der Waals surface area contributed by atoms with Crippen LogP contribution < -0.4 is 10.6 Å². The Balaban J connectivity index is 0.00000364. The second-order valence-electron chi connectivity index (χ2n) is 6.05. The number of benzene rings is 1. The molecule has 1 heterocycles. The van der Waals surface area contributed by atoms with Crippen LogP contribution in [0.3, 0.4) is 0 Å². The van der Waals surface area contributed by atoms with Gasteiger partial charge in [-0.1, -0.05) is 0 Å². The number of thioether (sulfide) groups is 1. The quantitative estimate of drug-likeness (QED) is 0.156. The van der Waals surface area contributed by atoms with Crippen molar-refractivity contribution < 1.29 is 13.9 Å². The number of hydrogen-bond donors (Lipinski definition) is 2. The average Bonchev–Trinajstić information content (AvgIpc) is 3.16. The molecule has 0 spiro atoms. The topological polar surface area (TPSA) is 54.9 Å². The van der Waals surface area contributed by atoms with Crippen LogP contribution >= 0.6 is 35.7 Å². The molecule has 1 aromatic rings. The van der Waals surface area contributed by atoms with Gasteiger partial charge in [-0.2, -0.15) is 0 Å². The Hall–Kier alpha value is -0.580. The second-order valence-corrected chi connectivity index (χ2v) is 7.22. The normalized spacial score (nSPS) is 16.8. The van der Waals surface area contributed by atoms with E-state index in [-0.39, 0.29) is 35.9 Å². The zero-order chi connectivity index (χ0) is 18.5. The minimum atomic E-state index is -0.194. The maximum Gasteiger partial charge on any atom is 0.191 e. The highest BCUT2D eigenvalue weighted by atomic mass is 127. The molecule has 1 aliphatic rings. The number of rotatable bonds is 11. The highest BCUT2D eigenvalue weighted by molar-refractivity contribution is 14.0. The SMILES string of the molecule is CCNC(=NCCCSc1ccc(F)cc1)NCCOCC1CCCO1.I. The van der Waals surface area contributed by atoms with Crippen LogP contribution in [0.4, 0.5) is 4.39 Å². The molecule has 154 valence electrons. The molecule has 0 aliphatic carbocycles. The predicted molar refractivity (Wildman–Crippen MR) is 121 cm³/mol. The molecule has 27 heavy (non-hydrogen) atoms. The maximum absolute atomic E-state index is 12.9. The molecule has 0 aromatic heterocycles. The van der Waals surface area contributed by atoms with E-state index in [1.165, 1.54) is 12.1 Å². The molecule has 2 rings (SSSR count). The number of guanidine groups is 1. The van der Waals surface area contributed by atoms with Crippen molar-refractivity contribution in [2.75, 3.05) is 45.2 Å². The first-order chi connectivity index (χ1) is 12.8. The fraction of sp³-hybridized carbons (Fsp3) is 0.632. The lowest BCUT2D eigenvalue weighted by Crippen LogP contribution is -2.39. The summed E-state index contributed by atoms with van der Waals surface area (Å²) in [5.74, 6) is 1.58. The van der Waals surface area contributed by atoms with E-state index >= 15 is 0 Å². The lowest BCUT2D eigenvalue weighted by molar-refractivity contribution is 0.0191. The summed E-state index contributed by atoms with van der Waals surface area (Å²) in [6.07, 6.45) is 3.49. The van der Waals surface area contributed by atoms with E-state index in [1.807, 2.05) is 12.1 Å². The van der Waals surface area contributed by atoms with Crippen LogP contribution in [-0.4, -0.2) is 57.3 Å². The second kappa shape index (κ2) is 15.4. The van der Waals surface area contributed by atoms with E-state index in [2.05, 4.69) is 22.5 Å².